The molecule has 2 rings (SSSR count). The molecule has 0 spiro atoms. The molecule has 0 saturated heterocycles. The zero-order valence-electron chi connectivity index (χ0n) is 17.5. The van der Waals surface area contributed by atoms with E-state index in [1.54, 1.807) is 25.3 Å². The average Bonchev–Trinajstić information content (AvgIpc) is 2.69. The number of carbonyl (C=O) groups excluding carboxylic acids is 1. The Kier molecular flexibility index (Phi) is 8.40. The van der Waals surface area contributed by atoms with Gasteiger partial charge in [0.2, 0.25) is 5.91 Å². The maximum absolute atomic E-state index is 12.3. The Hall–Kier alpha value is -2.66. The van der Waals surface area contributed by atoms with Gasteiger partial charge in [0.15, 0.2) is 11.5 Å². The summed E-state index contributed by atoms with van der Waals surface area (Å²) in [5.41, 5.74) is 2.24. The van der Waals surface area contributed by atoms with Crippen LogP contribution in [0, 0.1) is 12.8 Å². The summed E-state index contributed by atoms with van der Waals surface area (Å²) in [6, 6.07) is 9.02. The molecule has 2 aromatic rings. The van der Waals surface area contributed by atoms with Crippen molar-refractivity contribution in [3.63, 3.8) is 0 Å². The third-order valence-corrected chi connectivity index (χ3v) is 4.71. The Bertz CT molecular complexity index is 877. The van der Waals surface area contributed by atoms with E-state index in [2.05, 4.69) is 19.2 Å². The van der Waals surface area contributed by atoms with Crippen LogP contribution in [0.25, 0.3) is 6.08 Å². The van der Waals surface area contributed by atoms with Crippen LogP contribution >= 0.6 is 11.6 Å². The number of aryl methyl sites for hydroxylation is 1. The number of rotatable bonds is 9. The highest BCUT2D eigenvalue weighted by Gasteiger charge is 2.09. The molecule has 0 heterocycles. The van der Waals surface area contributed by atoms with E-state index in [0.29, 0.717) is 40.5 Å². The molecule has 0 aromatic heterocycles. The first kappa shape index (κ1) is 22.6. The van der Waals surface area contributed by atoms with Crippen LogP contribution in [0.4, 0.5) is 5.69 Å². The fraction of sp³-hybridized carbons (Fsp3) is 0.348. The molecule has 1 amide bonds. The molecule has 0 aliphatic carbocycles. The molecule has 0 fully saturated rings. The van der Waals surface area contributed by atoms with Crippen molar-refractivity contribution in [2.24, 2.45) is 5.92 Å². The quantitative estimate of drug-likeness (QED) is 0.528. The summed E-state index contributed by atoms with van der Waals surface area (Å²) in [6.45, 7) is 6.80. The zero-order valence-corrected chi connectivity index (χ0v) is 18.3. The Morgan fingerprint density at radius 3 is 2.48 bits per heavy atom. The van der Waals surface area contributed by atoms with Crippen LogP contribution < -0.4 is 19.5 Å². The summed E-state index contributed by atoms with van der Waals surface area (Å²) >= 11 is 6.10. The topological polar surface area (TPSA) is 56.8 Å². The van der Waals surface area contributed by atoms with Crippen LogP contribution in [0.15, 0.2) is 36.4 Å². The van der Waals surface area contributed by atoms with Gasteiger partial charge in [0, 0.05) is 17.2 Å². The van der Waals surface area contributed by atoms with Crippen molar-refractivity contribution in [3.8, 4) is 17.2 Å². The number of anilines is 1. The van der Waals surface area contributed by atoms with Gasteiger partial charge in [-0.3, -0.25) is 4.79 Å². The van der Waals surface area contributed by atoms with Gasteiger partial charge < -0.3 is 19.5 Å². The van der Waals surface area contributed by atoms with E-state index in [-0.39, 0.29) is 5.91 Å². The van der Waals surface area contributed by atoms with Crippen LogP contribution in [0.3, 0.4) is 0 Å². The predicted molar refractivity (Wildman–Crippen MR) is 118 cm³/mol. The summed E-state index contributed by atoms with van der Waals surface area (Å²) in [5.74, 6) is 2.13. The van der Waals surface area contributed by atoms with Gasteiger partial charge in [-0.05, 0) is 54.7 Å². The van der Waals surface area contributed by atoms with Gasteiger partial charge in [0.25, 0.3) is 0 Å². The van der Waals surface area contributed by atoms with Gasteiger partial charge in [0.1, 0.15) is 5.75 Å². The van der Waals surface area contributed by atoms with Crippen molar-refractivity contribution in [1.29, 1.82) is 0 Å². The SMILES string of the molecule is COc1cc(Cl)c(C)cc1NC(=O)C=Cc1ccc(OCCC(C)C)c(OC)c1. The van der Waals surface area contributed by atoms with Gasteiger partial charge in [-0.1, -0.05) is 31.5 Å². The summed E-state index contributed by atoms with van der Waals surface area (Å²) < 4.78 is 16.5. The molecule has 29 heavy (non-hydrogen) atoms. The van der Waals surface area contributed by atoms with Gasteiger partial charge in [-0.15, -0.1) is 0 Å². The molecule has 0 unspecified atom stereocenters. The number of amides is 1. The minimum absolute atomic E-state index is 0.277. The van der Waals surface area contributed by atoms with E-state index >= 15 is 0 Å². The van der Waals surface area contributed by atoms with E-state index in [4.69, 9.17) is 25.8 Å². The number of carbonyl (C=O) groups is 1. The maximum Gasteiger partial charge on any atom is 0.248 e. The van der Waals surface area contributed by atoms with Crippen molar-refractivity contribution in [2.45, 2.75) is 27.2 Å². The highest BCUT2D eigenvalue weighted by atomic mass is 35.5. The Balaban J connectivity index is 2.07. The fourth-order valence-corrected chi connectivity index (χ4v) is 2.74. The van der Waals surface area contributed by atoms with Crippen molar-refractivity contribution >= 4 is 29.3 Å². The lowest BCUT2D eigenvalue weighted by Gasteiger charge is -2.12. The molecule has 0 aliphatic rings. The number of ether oxygens (including phenoxy) is 3. The number of benzene rings is 2. The molecule has 156 valence electrons. The third-order valence-electron chi connectivity index (χ3n) is 4.31. The number of hydrogen-bond donors (Lipinski definition) is 1. The molecule has 1 N–H and O–H groups in total. The highest BCUT2D eigenvalue weighted by molar-refractivity contribution is 6.31. The van der Waals surface area contributed by atoms with E-state index < -0.39 is 0 Å². The van der Waals surface area contributed by atoms with Crippen molar-refractivity contribution in [3.05, 3.63) is 52.6 Å². The monoisotopic (exact) mass is 417 g/mol. The van der Waals surface area contributed by atoms with E-state index in [1.165, 1.54) is 13.2 Å². The Labute approximate surface area is 177 Å². The van der Waals surface area contributed by atoms with Gasteiger partial charge in [0.05, 0.1) is 26.5 Å². The van der Waals surface area contributed by atoms with Gasteiger partial charge in [-0.25, -0.2) is 0 Å². The standard InChI is InChI=1S/C23H28ClNO4/c1-15(2)10-11-29-20-8-6-17(13-22(20)28-5)7-9-23(26)25-19-12-16(3)18(24)14-21(19)27-4/h6-9,12-15H,10-11H2,1-5H3,(H,25,26). The molecule has 5 nitrogen and oxygen atoms in total. The summed E-state index contributed by atoms with van der Waals surface area (Å²) in [5, 5.41) is 3.39. The van der Waals surface area contributed by atoms with Gasteiger partial charge >= 0.3 is 0 Å². The van der Waals surface area contributed by atoms with Crippen LogP contribution in [0.2, 0.25) is 5.02 Å². The van der Waals surface area contributed by atoms with E-state index in [9.17, 15) is 4.79 Å². The third kappa shape index (κ3) is 6.71. The number of methoxy groups -OCH3 is 2. The summed E-state index contributed by atoms with van der Waals surface area (Å²) in [6.07, 6.45) is 4.14. The molecule has 6 heteroatoms. The number of halogens is 1. The molecule has 0 atom stereocenters. The second-order valence-corrected chi connectivity index (χ2v) is 7.47. The van der Waals surface area contributed by atoms with Crippen LogP contribution in [0.1, 0.15) is 31.4 Å². The largest absolute Gasteiger partial charge is 0.495 e. The van der Waals surface area contributed by atoms with Crippen LogP contribution in [-0.2, 0) is 4.79 Å². The molecule has 0 saturated carbocycles. The zero-order chi connectivity index (χ0) is 21.4. The Morgan fingerprint density at radius 2 is 1.83 bits per heavy atom. The summed E-state index contributed by atoms with van der Waals surface area (Å²) in [4.78, 5) is 12.3. The first-order valence-electron chi connectivity index (χ1n) is 9.48. The van der Waals surface area contributed by atoms with Crippen molar-refractivity contribution in [1.82, 2.24) is 0 Å². The van der Waals surface area contributed by atoms with E-state index in [1.807, 2.05) is 25.1 Å². The lowest BCUT2D eigenvalue weighted by atomic mass is 10.1. The highest BCUT2D eigenvalue weighted by Crippen LogP contribution is 2.31. The smallest absolute Gasteiger partial charge is 0.248 e. The molecule has 0 bridgehead atoms. The normalized spacial score (nSPS) is 11.0. The van der Waals surface area contributed by atoms with E-state index in [0.717, 1.165) is 17.5 Å². The second-order valence-electron chi connectivity index (χ2n) is 7.07. The average molecular weight is 418 g/mol. The van der Waals surface area contributed by atoms with Crippen molar-refractivity contribution < 1.29 is 19.0 Å². The maximum atomic E-state index is 12.3. The molecule has 0 aliphatic heterocycles. The van der Waals surface area contributed by atoms with Crippen molar-refractivity contribution in [2.75, 3.05) is 26.1 Å². The molecule has 2 aromatic carbocycles. The Morgan fingerprint density at radius 1 is 1.10 bits per heavy atom. The first-order valence-corrected chi connectivity index (χ1v) is 9.85. The number of nitrogens with one attached hydrogen (secondary N) is 1. The molecular weight excluding hydrogens is 390 g/mol. The minimum Gasteiger partial charge on any atom is -0.495 e. The van der Waals surface area contributed by atoms with Crippen LogP contribution in [-0.4, -0.2) is 26.7 Å². The fourth-order valence-electron chi connectivity index (χ4n) is 2.59. The van der Waals surface area contributed by atoms with Crippen LogP contribution in [0.5, 0.6) is 17.2 Å². The molecular formula is C23H28ClNO4. The lowest BCUT2D eigenvalue weighted by molar-refractivity contribution is -0.111. The second kappa shape index (κ2) is 10.8. The molecule has 0 radical (unpaired) electrons. The lowest BCUT2D eigenvalue weighted by Crippen LogP contribution is -2.09. The number of hydrogen-bond acceptors (Lipinski definition) is 4. The predicted octanol–water partition coefficient (Wildman–Crippen LogP) is 5.74. The first-order chi connectivity index (χ1) is 13.8. The van der Waals surface area contributed by atoms with Gasteiger partial charge in [-0.2, -0.15) is 0 Å². The summed E-state index contributed by atoms with van der Waals surface area (Å²) in [7, 11) is 3.13. The minimum atomic E-state index is -0.277.